The van der Waals surface area contributed by atoms with Crippen molar-refractivity contribution in [3.05, 3.63) is 58.6 Å². The van der Waals surface area contributed by atoms with Crippen LogP contribution in [0.4, 0.5) is 24.5 Å². The molecule has 150 valence electrons. The zero-order chi connectivity index (χ0) is 20.6. The number of alkyl halides is 3. The number of amides is 1. The van der Waals surface area contributed by atoms with Crippen molar-refractivity contribution >= 4 is 52.0 Å². The Labute approximate surface area is 173 Å². The normalized spacial score (nSPS) is 17.6. The van der Waals surface area contributed by atoms with Crippen LogP contribution in [0.2, 0.25) is 5.02 Å². The zero-order valence-electron chi connectivity index (χ0n) is 14.8. The van der Waals surface area contributed by atoms with Gasteiger partial charge in [-0.1, -0.05) is 41.6 Å². The number of halogens is 4. The van der Waals surface area contributed by atoms with Crippen LogP contribution >= 0.6 is 23.4 Å². The Kier molecular flexibility index (Phi) is 5.26. The molecule has 0 aliphatic carbocycles. The van der Waals surface area contributed by atoms with Crippen molar-refractivity contribution in [1.82, 2.24) is 5.01 Å². The zero-order valence-corrected chi connectivity index (χ0v) is 16.4. The third-order valence-electron chi connectivity index (χ3n) is 4.44. The lowest BCUT2D eigenvalue weighted by atomic mass is 10.0. The number of benzene rings is 2. The topological polar surface area (TPSA) is 57.1 Å². The van der Waals surface area contributed by atoms with E-state index in [1.54, 1.807) is 11.2 Å². The Hall–Kier alpha value is -2.52. The molecule has 2 aromatic carbocycles. The second-order valence-corrected chi connectivity index (χ2v) is 7.73. The smallest absolute Gasteiger partial charge is 0.324 e. The number of carbonyl (C=O) groups is 1. The molecule has 0 radical (unpaired) electrons. The molecule has 0 spiro atoms. The van der Waals surface area contributed by atoms with E-state index in [0.29, 0.717) is 5.17 Å². The van der Waals surface area contributed by atoms with E-state index in [9.17, 15) is 18.0 Å². The monoisotopic (exact) mass is 438 g/mol. The third-order valence-corrected chi connectivity index (χ3v) is 5.71. The van der Waals surface area contributed by atoms with Gasteiger partial charge in [0.25, 0.3) is 0 Å². The lowest BCUT2D eigenvalue weighted by Crippen LogP contribution is -2.29. The summed E-state index contributed by atoms with van der Waals surface area (Å²) in [5, 5.41) is 9.13. The maximum absolute atomic E-state index is 12.9. The van der Waals surface area contributed by atoms with E-state index in [2.05, 4.69) is 15.4 Å². The Balaban J connectivity index is 1.47. The molecule has 4 rings (SSSR count). The number of nitrogens with one attached hydrogen (secondary N) is 1. The molecule has 2 heterocycles. The molecule has 0 saturated carbocycles. The first kappa shape index (κ1) is 19.8. The van der Waals surface area contributed by atoms with Gasteiger partial charge in [-0.15, -0.1) is 0 Å². The number of nitrogens with zero attached hydrogens (tertiary/aromatic N) is 3. The maximum atomic E-state index is 12.9. The van der Waals surface area contributed by atoms with E-state index in [4.69, 9.17) is 11.6 Å². The lowest BCUT2D eigenvalue weighted by molar-refractivity contribution is -0.137. The first-order valence-corrected chi connectivity index (χ1v) is 9.98. The van der Waals surface area contributed by atoms with Gasteiger partial charge in [0, 0.05) is 18.2 Å². The van der Waals surface area contributed by atoms with Gasteiger partial charge in [0.2, 0.25) is 5.91 Å². The molecule has 1 amide bonds. The lowest BCUT2D eigenvalue weighted by Gasteiger charge is -2.29. The number of aliphatic imine (C=N–C) groups is 1. The quantitative estimate of drug-likeness (QED) is 0.691. The summed E-state index contributed by atoms with van der Waals surface area (Å²) >= 11 is 7.09. The van der Waals surface area contributed by atoms with Crippen molar-refractivity contribution < 1.29 is 18.0 Å². The van der Waals surface area contributed by atoms with E-state index in [1.165, 1.54) is 11.8 Å². The van der Waals surface area contributed by atoms with Gasteiger partial charge >= 0.3 is 6.18 Å². The molecular weight excluding hydrogens is 425 g/mol. The number of carbonyl (C=O) groups excluding carboxylic acids is 1. The molecule has 1 atom stereocenters. The van der Waals surface area contributed by atoms with Crippen molar-refractivity contribution in [1.29, 1.82) is 0 Å². The summed E-state index contributed by atoms with van der Waals surface area (Å²) in [5.41, 5.74) is 0.921. The summed E-state index contributed by atoms with van der Waals surface area (Å²) in [4.78, 5) is 16.9. The minimum absolute atomic E-state index is 0.0319. The average molecular weight is 439 g/mol. The van der Waals surface area contributed by atoms with Crippen molar-refractivity contribution in [3.63, 3.8) is 0 Å². The van der Waals surface area contributed by atoms with E-state index in [1.807, 2.05) is 24.3 Å². The van der Waals surface area contributed by atoms with Crippen LogP contribution in [0, 0.1) is 0 Å². The van der Waals surface area contributed by atoms with E-state index in [0.717, 1.165) is 35.9 Å². The molecule has 0 aromatic heterocycles. The van der Waals surface area contributed by atoms with Crippen LogP contribution < -0.4 is 5.32 Å². The first-order valence-electron chi connectivity index (χ1n) is 8.61. The summed E-state index contributed by atoms with van der Waals surface area (Å²) in [7, 11) is 0. The maximum Gasteiger partial charge on any atom is 0.416 e. The fourth-order valence-electron chi connectivity index (χ4n) is 3.09. The number of thioether (sulfide) groups is 1. The number of hydrogen-bond acceptors (Lipinski definition) is 5. The van der Waals surface area contributed by atoms with Crippen LogP contribution in [-0.4, -0.2) is 28.1 Å². The molecule has 5 nitrogen and oxygen atoms in total. The van der Waals surface area contributed by atoms with Crippen LogP contribution in [0.3, 0.4) is 0 Å². The fourth-order valence-corrected chi connectivity index (χ4v) is 4.06. The van der Waals surface area contributed by atoms with Gasteiger partial charge in [-0.3, -0.25) is 4.79 Å². The van der Waals surface area contributed by atoms with Crippen LogP contribution in [0.5, 0.6) is 0 Å². The Morgan fingerprint density at radius 2 is 2.07 bits per heavy atom. The van der Waals surface area contributed by atoms with Gasteiger partial charge in [0.1, 0.15) is 0 Å². The molecule has 0 bridgehead atoms. The number of fused-ring (bicyclic) bond motifs is 3. The van der Waals surface area contributed by atoms with E-state index in [-0.39, 0.29) is 22.5 Å². The van der Waals surface area contributed by atoms with Crippen molar-refractivity contribution in [2.75, 3.05) is 11.1 Å². The molecule has 1 N–H and O–H groups in total. The summed E-state index contributed by atoms with van der Waals surface area (Å²) < 4.78 is 38.6. The van der Waals surface area contributed by atoms with Crippen LogP contribution in [-0.2, 0) is 11.0 Å². The molecule has 29 heavy (non-hydrogen) atoms. The number of anilines is 1. The number of rotatable bonds is 3. The van der Waals surface area contributed by atoms with Crippen molar-refractivity contribution in [2.24, 2.45) is 10.1 Å². The van der Waals surface area contributed by atoms with Crippen LogP contribution in [0.1, 0.15) is 23.6 Å². The second-order valence-electron chi connectivity index (χ2n) is 6.38. The summed E-state index contributed by atoms with van der Waals surface area (Å²) in [6, 6.07) is 10.6. The van der Waals surface area contributed by atoms with Crippen LogP contribution in [0.15, 0.2) is 52.6 Å². The molecular formula is C19H14ClF3N4OS. The van der Waals surface area contributed by atoms with Gasteiger partial charge in [0.05, 0.1) is 33.8 Å². The molecule has 2 aromatic rings. The molecule has 1 unspecified atom stereocenters. The number of para-hydroxylation sites is 1. The van der Waals surface area contributed by atoms with Crippen LogP contribution in [0.25, 0.3) is 0 Å². The predicted molar refractivity (Wildman–Crippen MR) is 109 cm³/mol. The molecule has 10 heteroatoms. The first-order chi connectivity index (χ1) is 13.8. The fraction of sp³-hybridized carbons (Fsp3) is 0.211. The highest BCUT2D eigenvalue weighted by Gasteiger charge is 2.33. The minimum Gasteiger partial charge on any atom is -0.324 e. The molecule has 0 fully saturated rings. The van der Waals surface area contributed by atoms with Crippen molar-refractivity contribution in [2.45, 2.75) is 18.6 Å². The highest BCUT2D eigenvalue weighted by molar-refractivity contribution is 8.14. The molecule has 0 saturated heterocycles. The number of hydrogen-bond donors (Lipinski definition) is 1. The summed E-state index contributed by atoms with van der Waals surface area (Å²) in [5.74, 6) is -0.538. The largest absolute Gasteiger partial charge is 0.416 e. The highest BCUT2D eigenvalue weighted by Crippen LogP contribution is 2.41. The van der Waals surface area contributed by atoms with E-state index >= 15 is 0 Å². The van der Waals surface area contributed by atoms with Gasteiger partial charge in [-0.2, -0.15) is 18.3 Å². The Morgan fingerprint density at radius 3 is 2.86 bits per heavy atom. The minimum atomic E-state index is -4.52. The molecule has 2 aliphatic rings. The third kappa shape index (κ3) is 4.11. The van der Waals surface area contributed by atoms with E-state index < -0.39 is 17.6 Å². The summed E-state index contributed by atoms with van der Waals surface area (Å²) in [6.45, 7) is 0. The Morgan fingerprint density at radius 1 is 1.28 bits per heavy atom. The number of hydrazone groups is 1. The predicted octanol–water partition coefficient (Wildman–Crippen LogP) is 5.46. The average Bonchev–Trinajstić information content (AvgIpc) is 3.17. The SMILES string of the molecule is O=C(CSC1=Nc2ccccc2C2CC=NN12)Nc1cc(C(F)(F)F)ccc1Cl. The standard InChI is InChI=1S/C19H14ClF3N4OS/c20-13-6-5-11(19(21,22)23)9-15(13)25-17(28)10-29-18-26-14-4-2-1-3-12(14)16-7-8-24-27(16)18/h1-6,8-9,16H,7,10H2,(H,25,28). The molecule has 2 aliphatic heterocycles. The van der Waals surface area contributed by atoms with Gasteiger partial charge in [-0.25, -0.2) is 10.0 Å². The van der Waals surface area contributed by atoms with Gasteiger partial charge in [0.15, 0.2) is 5.17 Å². The Bertz CT molecular complexity index is 1020. The van der Waals surface area contributed by atoms with Crippen molar-refractivity contribution in [3.8, 4) is 0 Å². The van der Waals surface area contributed by atoms with Gasteiger partial charge in [-0.05, 0) is 24.3 Å². The highest BCUT2D eigenvalue weighted by atomic mass is 35.5. The second kappa shape index (κ2) is 7.72. The summed E-state index contributed by atoms with van der Waals surface area (Å²) in [6.07, 6.45) is -1.99. The number of amidine groups is 1. The van der Waals surface area contributed by atoms with Gasteiger partial charge < -0.3 is 5.32 Å².